The van der Waals surface area contributed by atoms with Crippen molar-refractivity contribution in [3.05, 3.63) is 27.0 Å². The zero-order chi connectivity index (χ0) is 13.7. The number of aliphatic carboxylic acids is 1. The first kappa shape index (κ1) is 14.4. The van der Waals surface area contributed by atoms with Crippen molar-refractivity contribution in [2.24, 2.45) is 0 Å². The van der Waals surface area contributed by atoms with Crippen LogP contribution in [-0.4, -0.2) is 27.0 Å². The average molecular weight is 318 g/mol. The number of carboxylic acid groups (broad SMARTS) is 1. The second kappa shape index (κ2) is 6.29. The van der Waals surface area contributed by atoms with Gasteiger partial charge < -0.3 is 10.4 Å². The lowest BCUT2D eigenvalue weighted by Crippen LogP contribution is -2.29. The fraction of sp³-hybridized carbons (Fsp3) is 0.400. The summed E-state index contributed by atoms with van der Waals surface area (Å²) in [5.74, 6) is -1.05. The standard InChI is InChI=1S/C10H12BrN3O4/c1-2-3-7(10(15)16)13-9-6(11)4-12-5-8(9)14(17)18/h4-5,7H,2-3H2,1H3,(H,12,13)(H,15,16). The molecule has 7 nitrogen and oxygen atoms in total. The summed E-state index contributed by atoms with van der Waals surface area (Å²) in [7, 11) is 0. The second-order valence-electron chi connectivity index (χ2n) is 3.60. The molecule has 0 aromatic carbocycles. The predicted molar refractivity (Wildman–Crippen MR) is 68.5 cm³/mol. The molecule has 0 amide bonds. The van der Waals surface area contributed by atoms with E-state index in [4.69, 9.17) is 5.11 Å². The van der Waals surface area contributed by atoms with Crippen LogP contribution in [0.25, 0.3) is 0 Å². The topological polar surface area (TPSA) is 105 Å². The van der Waals surface area contributed by atoms with Crippen LogP contribution in [0.5, 0.6) is 0 Å². The first-order chi connectivity index (χ1) is 8.47. The highest BCUT2D eigenvalue weighted by molar-refractivity contribution is 9.10. The maximum atomic E-state index is 11.0. The molecular formula is C10H12BrN3O4. The van der Waals surface area contributed by atoms with Gasteiger partial charge in [-0.05, 0) is 22.4 Å². The Kier molecular flexibility index (Phi) is 5.02. The Hall–Kier alpha value is -1.70. The lowest BCUT2D eigenvalue weighted by molar-refractivity contribution is -0.384. The molecule has 1 aromatic heterocycles. The van der Waals surface area contributed by atoms with E-state index in [9.17, 15) is 14.9 Å². The van der Waals surface area contributed by atoms with Gasteiger partial charge in [-0.15, -0.1) is 0 Å². The van der Waals surface area contributed by atoms with Crippen molar-refractivity contribution in [2.75, 3.05) is 5.32 Å². The molecule has 1 heterocycles. The second-order valence-corrected chi connectivity index (χ2v) is 4.45. The van der Waals surface area contributed by atoms with Gasteiger partial charge in [-0.25, -0.2) is 4.79 Å². The normalized spacial score (nSPS) is 11.9. The largest absolute Gasteiger partial charge is 0.480 e. The molecule has 1 unspecified atom stereocenters. The van der Waals surface area contributed by atoms with E-state index in [0.717, 1.165) is 6.20 Å². The number of rotatable bonds is 6. The van der Waals surface area contributed by atoms with Crippen LogP contribution in [-0.2, 0) is 4.79 Å². The SMILES string of the molecule is CCCC(Nc1c(Br)cncc1[N+](=O)[O-])C(=O)O. The van der Waals surface area contributed by atoms with Crippen molar-refractivity contribution in [2.45, 2.75) is 25.8 Å². The van der Waals surface area contributed by atoms with Crippen molar-refractivity contribution < 1.29 is 14.8 Å². The fourth-order valence-corrected chi connectivity index (χ4v) is 1.86. The van der Waals surface area contributed by atoms with E-state index in [2.05, 4.69) is 26.2 Å². The number of carbonyl (C=O) groups is 1. The van der Waals surface area contributed by atoms with E-state index in [1.807, 2.05) is 6.92 Å². The number of pyridine rings is 1. The van der Waals surface area contributed by atoms with Gasteiger partial charge in [0.25, 0.3) is 0 Å². The molecule has 1 aromatic rings. The Morgan fingerprint density at radius 3 is 2.83 bits per heavy atom. The van der Waals surface area contributed by atoms with E-state index in [0.29, 0.717) is 17.3 Å². The number of aromatic nitrogens is 1. The summed E-state index contributed by atoms with van der Waals surface area (Å²) in [5, 5.41) is 22.5. The Morgan fingerprint density at radius 1 is 1.67 bits per heavy atom. The first-order valence-corrected chi connectivity index (χ1v) is 6.03. The van der Waals surface area contributed by atoms with E-state index in [1.54, 1.807) is 0 Å². The zero-order valence-electron chi connectivity index (χ0n) is 9.59. The minimum atomic E-state index is -1.05. The third-order valence-electron chi connectivity index (χ3n) is 2.27. The van der Waals surface area contributed by atoms with Crippen molar-refractivity contribution in [1.82, 2.24) is 4.98 Å². The summed E-state index contributed by atoms with van der Waals surface area (Å²) in [6, 6.07) is -0.868. The summed E-state index contributed by atoms with van der Waals surface area (Å²) in [6.45, 7) is 1.84. The molecule has 0 radical (unpaired) electrons. The zero-order valence-corrected chi connectivity index (χ0v) is 11.2. The van der Waals surface area contributed by atoms with Crippen LogP contribution in [0.2, 0.25) is 0 Å². The van der Waals surface area contributed by atoms with Crippen molar-refractivity contribution in [3.8, 4) is 0 Å². The molecule has 0 bridgehead atoms. The monoisotopic (exact) mass is 317 g/mol. The maximum Gasteiger partial charge on any atom is 0.326 e. The molecule has 0 aliphatic heterocycles. The third kappa shape index (κ3) is 3.39. The minimum Gasteiger partial charge on any atom is -0.480 e. The van der Waals surface area contributed by atoms with Gasteiger partial charge in [-0.2, -0.15) is 0 Å². The molecule has 0 aliphatic rings. The molecule has 8 heteroatoms. The molecule has 0 saturated carbocycles. The Labute approximate surface area is 112 Å². The third-order valence-corrected chi connectivity index (χ3v) is 2.87. The van der Waals surface area contributed by atoms with E-state index >= 15 is 0 Å². The number of carboxylic acids is 1. The molecule has 0 spiro atoms. The molecular weight excluding hydrogens is 306 g/mol. The van der Waals surface area contributed by atoms with Crippen molar-refractivity contribution in [3.63, 3.8) is 0 Å². The molecule has 1 atom stereocenters. The van der Waals surface area contributed by atoms with Crippen LogP contribution < -0.4 is 5.32 Å². The highest BCUT2D eigenvalue weighted by atomic mass is 79.9. The Bertz CT molecular complexity index is 466. The fourth-order valence-electron chi connectivity index (χ4n) is 1.43. The number of hydrogen-bond donors (Lipinski definition) is 2. The van der Waals surface area contributed by atoms with Gasteiger partial charge in [0, 0.05) is 6.20 Å². The summed E-state index contributed by atoms with van der Waals surface area (Å²) in [6.07, 6.45) is 3.49. The van der Waals surface area contributed by atoms with Crippen LogP contribution in [0, 0.1) is 10.1 Å². The molecule has 98 valence electrons. The smallest absolute Gasteiger partial charge is 0.326 e. The number of nitrogens with one attached hydrogen (secondary N) is 1. The molecule has 2 N–H and O–H groups in total. The quantitative estimate of drug-likeness (QED) is 0.616. The van der Waals surface area contributed by atoms with E-state index < -0.39 is 16.9 Å². The van der Waals surface area contributed by atoms with Crippen LogP contribution >= 0.6 is 15.9 Å². The Balaban J connectivity index is 3.08. The lowest BCUT2D eigenvalue weighted by atomic mass is 10.1. The molecule has 18 heavy (non-hydrogen) atoms. The molecule has 1 rings (SSSR count). The van der Waals surface area contributed by atoms with Gasteiger partial charge in [-0.3, -0.25) is 15.1 Å². The van der Waals surface area contributed by atoms with Crippen LogP contribution in [0.1, 0.15) is 19.8 Å². The summed E-state index contributed by atoms with van der Waals surface area (Å²) in [5.41, 5.74) is -0.123. The predicted octanol–water partition coefficient (Wildman–Crippen LogP) is 2.42. The average Bonchev–Trinajstić information content (AvgIpc) is 2.30. The molecule has 0 saturated heterocycles. The van der Waals surface area contributed by atoms with Gasteiger partial charge in [0.15, 0.2) is 0 Å². The van der Waals surface area contributed by atoms with Gasteiger partial charge in [0.2, 0.25) is 0 Å². The highest BCUT2D eigenvalue weighted by Gasteiger charge is 2.23. The van der Waals surface area contributed by atoms with Gasteiger partial charge in [-0.1, -0.05) is 13.3 Å². The summed E-state index contributed by atoms with van der Waals surface area (Å²) >= 11 is 3.12. The summed E-state index contributed by atoms with van der Waals surface area (Å²) < 4.78 is 0.360. The number of halogens is 1. The van der Waals surface area contributed by atoms with Crippen molar-refractivity contribution >= 4 is 33.3 Å². The van der Waals surface area contributed by atoms with Gasteiger partial charge >= 0.3 is 11.7 Å². The maximum absolute atomic E-state index is 11.0. The molecule has 0 aliphatic carbocycles. The molecule has 0 fully saturated rings. The number of anilines is 1. The minimum absolute atomic E-state index is 0.135. The first-order valence-electron chi connectivity index (χ1n) is 5.24. The lowest BCUT2D eigenvalue weighted by Gasteiger charge is -2.15. The van der Waals surface area contributed by atoms with Gasteiger partial charge in [0.1, 0.15) is 17.9 Å². The number of nitro groups is 1. The Morgan fingerprint density at radius 2 is 2.33 bits per heavy atom. The van der Waals surface area contributed by atoms with Crippen molar-refractivity contribution in [1.29, 1.82) is 0 Å². The number of nitrogens with zero attached hydrogens (tertiary/aromatic N) is 2. The highest BCUT2D eigenvalue weighted by Crippen LogP contribution is 2.31. The van der Waals surface area contributed by atoms with E-state index in [-0.39, 0.29) is 11.4 Å². The number of hydrogen-bond acceptors (Lipinski definition) is 5. The summed E-state index contributed by atoms with van der Waals surface area (Å²) in [4.78, 5) is 24.9. The van der Waals surface area contributed by atoms with Gasteiger partial charge in [0.05, 0.1) is 9.40 Å². The van der Waals surface area contributed by atoms with Crippen LogP contribution in [0.15, 0.2) is 16.9 Å². The van der Waals surface area contributed by atoms with Crippen LogP contribution in [0.3, 0.4) is 0 Å². The van der Waals surface area contributed by atoms with Crippen LogP contribution in [0.4, 0.5) is 11.4 Å². The van der Waals surface area contributed by atoms with E-state index in [1.165, 1.54) is 6.20 Å².